The van der Waals surface area contributed by atoms with Crippen LogP contribution in [0, 0.1) is 0 Å². The van der Waals surface area contributed by atoms with Gasteiger partial charge in [-0.25, -0.2) is 0 Å². The monoisotopic (exact) mass is 221 g/mol. The zero-order chi connectivity index (χ0) is 11.6. The summed E-state index contributed by atoms with van der Waals surface area (Å²) in [6.45, 7) is -0.543. The van der Waals surface area contributed by atoms with E-state index in [-0.39, 0.29) is 0 Å². The molecular formula is C8H15NO6. The van der Waals surface area contributed by atoms with E-state index >= 15 is 0 Å². The second-order valence-electron chi connectivity index (χ2n) is 3.36. The van der Waals surface area contributed by atoms with Crippen LogP contribution in [0.2, 0.25) is 0 Å². The Morgan fingerprint density at radius 3 is 2.33 bits per heavy atom. The van der Waals surface area contributed by atoms with Crippen molar-refractivity contribution < 1.29 is 30.0 Å². The average Bonchev–Trinajstić information content (AvgIpc) is 2.25. The Morgan fingerprint density at radius 2 is 1.87 bits per heavy atom. The number of nitrogens with one attached hydrogen (secondary N) is 1. The molecule has 0 unspecified atom stereocenters. The van der Waals surface area contributed by atoms with E-state index in [4.69, 9.17) is 9.84 Å². The molecule has 0 aromatic rings. The molecule has 0 aliphatic carbocycles. The molecule has 1 saturated heterocycles. The van der Waals surface area contributed by atoms with Gasteiger partial charge in [0, 0.05) is 7.05 Å². The average molecular weight is 221 g/mol. The first kappa shape index (κ1) is 12.3. The van der Waals surface area contributed by atoms with Crippen molar-refractivity contribution in [3.8, 4) is 0 Å². The molecular weight excluding hydrogens is 206 g/mol. The first-order valence-electron chi connectivity index (χ1n) is 4.55. The number of carbonyl (C=O) groups is 1. The molecule has 0 bridgehead atoms. The Balaban J connectivity index is 2.78. The number of rotatable bonds is 2. The zero-order valence-electron chi connectivity index (χ0n) is 8.20. The van der Waals surface area contributed by atoms with Gasteiger partial charge in [0.2, 0.25) is 0 Å². The van der Waals surface area contributed by atoms with Crippen molar-refractivity contribution in [2.24, 2.45) is 0 Å². The minimum Gasteiger partial charge on any atom is -0.394 e. The summed E-state index contributed by atoms with van der Waals surface area (Å²) in [5.74, 6) is -0.619. The van der Waals surface area contributed by atoms with Gasteiger partial charge in [-0.05, 0) is 0 Å². The summed E-state index contributed by atoms with van der Waals surface area (Å²) in [7, 11) is 1.35. The highest BCUT2D eigenvalue weighted by molar-refractivity contribution is 5.81. The second kappa shape index (κ2) is 4.86. The van der Waals surface area contributed by atoms with Gasteiger partial charge in [-0.1, -0.05) is 0 Å². The van der Waals surface area contributed by atoms with Crippen LogP contribution in [0.25, 0.3) is 0 Å². The van der Waals surface area contributed by atoms with Crippen LogP contribution in [0.3, 0.4) is 0 Å². The van der Waals surface area contributed by atoms with Crippen molar-refractivity contribution in [3.05, 3.63) is 0 Å². The Bertz CT molecular complexity index is 233. The van der Waals surface area contributed by atoms with E-state index in [1.807, 2.05) is 0 Å². The summed E-state index contributed by atoms with van der Waals surface area (Å²) in [6, 6.07) is 0. The highest BCUT2D eigenvalue weighted by Crippen LogP contribution is 2.20. The minimum absolute atomic E-state index is 0.543. The highest BCUT2D eigenvalue weighted by atomic mass is 16.5. The quantitative estimate of drug-likeness (QED) is 0.331. The van der Waals surface area contributed by atoms with Gasteiger partial charge < -0.3 is 30.5 Å². The fourth-order valence-electron chi connectivity index (χ4n) is 1.46. The first-order chi connectivity index (χ1) is 7.02. The molecule has 88 valence electrons. The lowest BCUT2D eigenvalue weighted by molar-refractivity contribution is -0.226. The van der Waals surface area contributed by atoms with Gasteiger partial charge in [-0.15, -0.1) is 0 Å². The predicted octanol–water partition coefficient (Wildman–Crippen LogP) is -3.43. The molecule has 0 radical (unpaired) electrons. The van der Waals surface area contributed by atoms with E-state index in [1.54, 1.807) is 0 Å². The third kappa shape index (κ3) is 2.27. The van der Waals surface area contributed by atoms with Crippen LogP contribution >= 0.6 is 0 Å². The smallest absolute Gasteiger partial charge is 0.251 e. The van der Waals surface area contributed by atoms with Crippen LogP contribution in [-0.4, -0.2) is 70.5 Å². The van der Waals surface area contributed by atoms with Gasteiger partial charge >= 0.3 is 0 Å². The van der Waals surface area contributed by atoms with Crippen LogP contribution in [-0.2, 0) is 9.53 Å². The molecule has 7 heteroatoms. The Morgan fingerprint density at radius 1 is 1.27 bits per heavy atom. The molecule has 1 fully saturated rings. The molecule has 0 aromatic carbocycles. The van der Waals surface area contributed by atoms with Gasteiger partial charge in [-0.3, -0.25) is 4.79 Å². The van der Waals surface area contributed by atoms with Gasteiger partial charge in [0.15, 0.2) is 6.10 Å². The van der Waals surface area contributed by atoms with Crippen molar-refractivity contribution in [3.63, 3.8) is 0 Å². The summed E-state index contributed by atoms with van der Waals surface area (Å²) < 4.78 is 4.96. The predicted molar refractivity (Wildman–Crippen MR) is 47.8 cm³/mol. The van der Waals surface area contributed by atoms with E-state index in [2.05, 4.69) is 5.32 Å². The van der Waals surface area contributed by atoms with Crippen molar-refractivity contribution in [1.82, 2.24) is 5.32 Å². The lowest BCUT2D eigenvalue weighted by atomic mass is 9.95. The number of hydrogen-bond donors (Lipinski definition) is 5. The highest BCUT2D eigenvalue weighted by Gasteiger charge is 2.46. The third-order valence-electron chi connectivity index (χ3n) is 2.40. The van der Waals surface area contributed by atoms with Crippen LogP contribution in [0.1, 0.15) is 0 Å². The number of aliphatic hydroxyl groups is 4. The normalized spacial score (nSPS) is 41.3. The fourth-order valence-corrected chi connectivity index (χ4v) is 1.46. The molecule has 7 nitrogen and oxygen atoms in total. The standard InChI is InChI=1S/C8H15NO6/c1-9-8(14)7-6(13)5(12)4(11)3(2-10)15-7/h3-7,10-13H,2H2,1H3,(H,9,14)/t3-,4-,5+,6-,7-/m0/s1. The first-order valence-corrected chi connectivity index (χ1v) is 4.55. The molecule has 1 heterocycles. The van der Waals surface area contributed by atoms with Crippen LogP contribution < -0.4 is 5.32 Å². The number of amides is 1. The largest absolute Gasteiger partial charge is 0.394 e. The number of hydrogen-bond acceptors (Lipinski definition) is 6. The van der Waals surface area contributed by atoms with Gasteiger partial charge in [0.25, 0.3) is 5.91 Å². The van der Waals surface area contributed by atoms with E-state index in [9.17, 15) is 20.1 Å². The summed E-state index contributed by atoms with van der Waals surface area (Å²) in [4.78, 5) is 11.2. The van der Waals surface area contributed by atoms with E-state index in [0.717, 1.165) is 0 Å². The summed E-state index contributed by atoms with van der Waals surface area (Å²) in [5.41, 5.74) is 0. The maximum absolute atomic E-state index is 11.2. The summed E-state index contributed by atoms with van der Waals surface area (Å²) in [6.07, 6.45) is -6.80. The summed E-state index contributed by atoms with van der Waals surface area (Å²) >= 11 is 0. The van der Waals surface area contributed by atoms with Crippen molar-refractivity contribution in [1.29, 1.82) is 0 Å². The number of carbonyl (C=O) groups excluding carboxylic acids is 1. The minimum atomic E-state index is -1.52. The fraction of sp³-hybridized carbons (Fsp3) is 0.875. The molecule has 0 aromatic heterocycles. The lowest BCUT2D eigenvalue weighted by Gasteiger charge is -2.38. The number of ether oxygens (including phenoxy) is 1. The Labute approximate surface area is 86.3 Å². The zero-order valence-corrected chi connectivity index (χ0v) is 8.20. The Hall–Kier alpha value is -0.730. The lowest BCUT2D eigenvalue weighted by Crippen LogP contribution is -2.62. The van der Waals surface area contributed by atoms with E-state index in [1.165, 1.54) is 7.05 Å². The maximum Gasteiger partial charge on any atom is 0.251 e. The topological polar surface area (TPSA) is 119 Å². The molecule has 1 aliphatic rings. The molecule has 5 N–H and O–H groups in total. The molecule has 15 heavy (non-hydrogen) atoms. The van der Waals surface area contributed by atoms with Crippen LogP contribution in [0.15, 0.2) is 0 Å². The van der Waals surface area contributed by atoms with Crippen molar-refractivity contribution in [2.75, 3.05) is 13.7 Å². The molecule has 1 rings (SSSR count). The molecule has 0 saturated carbocycles. The van der Waals surface area contributed by atoms with Crippen molar-refractivity contribution in [2.45, 2.75) is 30.5 Å². The SMILES string of the molecule is CNC(=O)[C@H]1O[C@@H](CO)[C@H](O)[C@@H](O)[C@@H]1O. The number of aliphatic hydroxyl groups excluding tert-OH is 4. The molecule has 5 atom stereocenters. The summed E-state index contributed by atoms with van der Waals surface area (Å²) in [5, 5.41) is 39.3. The molecule has 1 aliphatic heterocycles. The van der Waals surface area contributed by atoms with E-state index in [0.29, 0.717) is 0 Å². The third-order valence-corrected chi connectivity index (χ3v) is 2.40. The number of likely N-dealkylation sites (N-methyl/N-ethyl adjacent to an activating group) is 1. The molecule has 1 amide bonds. The second-order valence-corrected chi connectivity index (χ2v) is 3.36. The van der Waals surface area contributed by atoms with Gasteiger partial charge in [0.05, 0.1) is 6.61 Å². The van der Waals surface area contributed by atoms with Crippen LogP contribution in [0.4, 0.5) is 0 Å². The van der Waals surface area contributed by atoms with E-state index < -0.39 is 43.0 Å². The van der Waals surface area contributed by atoms with Gasteiger partial charge in [0.1, 0.15) is 24.4 Å². The maximum atomic E-state index is 11.2. The van der Waals surface area contributed by atoms with Crippen LogP contribution in [0.5, 0.6) is 0 Å². The molecule has 0 spiro atoms. The Kier molecular flexibility index (Phi) is 4.00. The van der Waals surface area contributed by atoms with Crippen molar-refractivity contribution >= 4 is 5.91 Å². The van der Waals surface area contributed by atoms with Gasteiger partial charge in [-0.2, -0.15) is 0 Å².